The molecule has 18 heavy (non-hydrogen) atoms. The zero-order chi connectivity index (χ0) is 13.3. The number of oxime groups is 1. The third-order valence-corrected chi connectivity index (χ3v) is 3.06. The molecule has 1 aliphatic rings. The molecule has 0 aliphatic carbocycles. The molecule has 96 valence electrons. The number of carboxylic acids is 1. The first-order valence-corrected chi connectivity index (χ1v) is 5.94. The number of rotatable bonds is 2. The number of hydrogen-bond acceptors (Lipinski definition) is 3. The molecular weight excluding hydrogens is 230 g/mol. The van der Waals surface area contributed by atoms with Crippen LogP contribution in [0.3, 0.4) is 0 Å². The molecule has 0 aromatic heterocycles. The van der Waals surface area contributed by atoms with Gasteiger partial charge in [-0.1, -0.05) is 50.2 Å². The van der Waals surface area contributed by atoms with E-state index in [1.165, 1.54) is 5.56 Å². The van der Waals surface area contributed by atoms with Crippen molar-refractivity contribution in [2.45, 2.75) is 38.7 Å². The second kappa shape index (κ2) is 4.44. The van der Waals surface area contributed by atoms with Gasteiger partial charge < -0.3 is 9.94 Å². The first-order valence-electron chi connectivity index (χ1n) is 5.94. The molecule has 1 aromatic rings. The average molecular weight is 247 g/mol. The Hall–Kier alpha value is -1.84. The van der Waals surface area contributed by atoms with Crippen molar-refractivity contribution < 1.29 is 14.7 Å². The summed E-state index contributed by atoms with van der Waals surface area (Å²) in [5, 5.41) is 12.4. The minimum Gasteiger partial charge on any atom is -0.477 e. The van der Waals surface area contributed by atoms with Crippen LogP contribution in [0.1, 0.15) is 44.4 Å². The Balaban J connectivity index is 2.11. The summed E-state index contributed by atoms with van der Waals surface area (Å²) in [4.78, 5) is 15.9. The highest BCUT2D eigenvalue weighted by atomic mass is 16.6. The number of hydrogen-bond donors (Lipinski definition) is 1. The van der Waals surface area contributed by atoms with Gasteiger partial charge >= 0.3 is 5.97 Å². The SMILES string of the molecule is CC(C)(C)c1ccc(C2CC(C(=O)O)=NO2)cc1. The Kier molecular flexibility index (Phi) is 3.11. The maximum absolute atomic E-state index is 10.8. The molecule has 1 N–H and O–H groups in total. The summed E-state index contributed by atoms with van der Waals surface area (Å²) in [5.41, 5.74) is 2.39. The van der Waals surface area contributed by atoms with Crippen molar-refractivity contribution in [3.8, 4) is 0 Å². The molecule has 1 atom stereocenters. The highest BCUT2D eigenvalue weighted by Crippen LogP contribution is 2.29. The number of carboxylic acid groups (broad SMARTS) is 1. The summed E-state index contributed by atoms with van der Waals surface area (Å²) >= 11 is 0. The summed E-state index contributed by atoms with van der Waals surface area (Å²) in [6.45, 7) is 6.46. The maximum atomic E-state index is 10.8. The predicted molar refractivity (Wildman–Crippen MR) is 68.7 cm³/mol. The third-order valence-electron chi connectivity index (χ3n) is 3.06. The van der Waals surface area contributed by atoms with E-state index in [-0.39, 0.29) is 17.2 Å². The van der Waals surface area contributed by atoms with Crippen molar-refractivity contribution in [2.75, 3.05) is 0 Å². The van der Waals surface area contributed by atoms with Gasteiger partial charge in [0.1, 0.15) is 0 Å². The summed E-state index contributed by atoms with van der Waals surface area (Å²) < 4.78 is 0. The molecule has 0 bridgehead atoms. The van der Waals surface area contributed by atoms with Crippen molar-refractivity contribution in [1.82, 2.24) is 0 Å². The Labute approximate surface area is 106 Å². The van der Waals surface area contributed by atoms with Gasteiger partial charge in [-0.05, 0) is 16.5 Å². The Bertz CT molecular complexity index is 483. The van der Waals surface area contributed by atoms with Gasteiger partial charge in [0, 0.05) is 6.42 Å². The zero-order valence-electron chi connectivity index (χ0n) is 10.8. The van der Waals surface area contributed by atoms with E-state index in [1.54, 1.807) is 0 Å². The Morgan fingerprint density at radius 3 is 2.39 bits per heavy atom. The molecule has 2 rings (SSSR count). The standard InChI is InChI=1S/C14H17NO3/c1-14(2,3)10-6-4-9(5-7-10)12-8-11(13(16)17)15-18-12/h4-7,12H,8H2,1-3H3,(H,16,17). The summed E-state index contributed by atoms with van der Waals surface area (Å²) in [6.07, 6.45) is 0.0506. The van der Waals surface area contributed by atoms with Crippen LogP contribution < -0.4 is 0 Å². The van der Waals surface area contributed by atoms with Crippen LogP contribution in [0.4, 0.5) is 0 Å². The van der Waals surface area contributed by atoms with E-state index in [9.17, 15) is 4.79 Å². The fourth-order valence-electron chi connectivity index (χ4n) is 1.88. The van der Waals surface area contributed by atoms with Crippen LogP contribution in [0.2, 0.25) is 0 Å². The Morgan fingerprint density at radius 1 is 1.33 bits per heavy atom. The minimum atomic E-state index is -1.01. The fraction of sp³-hybridized carbons (Fsp3) is 0.429. The fourth-order valence-corrected chi connectivity index (χ4v) is 1.88. The first kappa shape index (κ1) is 12.6. The van der Waals surface area contributed by atoms with Gasteiger partial charge in [-0.15, -0.1) is 0 Å². The molecule has 0 amide bonds. The molecule has 1 aromatic carbocycles. The van der Waals surface area contributed by atoms with E-state index in [0.29, 0.717) is 6.42 Å². The summed E-state index contributed by atoms with van der Waals surface area (Å²) in [6, 6.07) is 8.06. The van der Waals surface area contributed by atoms with Crippen LogP contribution in [0.25, 0.3) is 0 Å². The lowest BCUT2D eigenvalue weighted by Gasteiger charge is -2.19. The van der Waals surface area contributed by atoms with Gasteiger partial charge in [0.05, 0.1) is 0 Å². The highest BCUT2D eigenvalue weighted by molar-refractivity contribution is 6.35. The van der Waals surface area contributed by atoms with E-state index in [1.807, 2.05) is 12.1 Å². The van der Waals surface area contributed by atoms with Crippen molar-refractivity contribution in [1.29, 1.82) is 0 Å². The largest absolute Gasteiger partial charge is 0.477 e. The van der Waals surface area contributed by atoms with Gasteiger partial charge in [0.15, 0.2) is 11.8 Å². The van der Waals surface area contributed by atoms with Gasteiger partial charge in [-0.2, -0.15) is 0 Å². The molecule has 0 saturated carbocycles. The normalized spacial score (nSPS) is 19.3. The van der Waals surface area contributed by atoms with Crippen molar-refractivity contribution >= 4 is 11.7 Å². The molecule has 4 heteroatoms. The molecule has 0 radical (unpaired) electrons. The lowest BCUT2D eigenvalue weighted by Crippen LogP contribution is -2.12. The predicted octanol–water partition coefficient (Wildman–Crippen LogP) is 2.89. The van der Waals surface area contributed by atoms with Gasteiger partial charge in [0.25, 0.3) is 0 Å². The molecule has 1 heterocycles. The number of carbonyl (C=O) groups is 1. The zero-order valence-corrected chi connectivity index (χ0v) is 10.8. The van der Waals surface area contributed by atoms with E-state index in [4.69, 9.17) is 9.94 Å². The van der Waals surface area contributed by atoms with E-state index in [0.717, 1.165) is 5.56 Å². The van der Waals surface area contributed by atoms with Crippen LogP contribution in [0, 0.1) is 0 Å². The Morgan fingerprint density at radius 2 is 1.94 bits per heavy atom. The van der Waals surface area contributed by atoms with Crippen LogP contribution >= 0.6 is 0 Å². The quantitative estimate of drug-likeness (QED) is 0.874. The third kappa shape index (κ3) is 2.53. The van der Waals surface area contributed by atoms with Crippen molar-refractivity contribution in [3.05, 3.63) is 35.4 Å². The molecule has 1 unspecified atom stereocenters. The first-order chi connectivity index (χ1) is 8.38. The molecule has 0 spiro atoms. The average Bonchev–Trinajstić information content (AvgIpc) is 2.77. The topological polar surface area (TPSA) is 58.9 Å². The maximum Gasteiger partial charge on any atom is 0.353 e. The van der Waals surface area contributed by atoms with E-state index >= 15 is 0 Å². The second-order valence-corrected chi connectivity index (χ2v) is 5.51. The summed E-state index contributed by atoms with van der Waals surface area (Å²) in [5.74, 6) is -1.01. The minimum absolute atomic E-state index is 0.0832. The number of aliphatic carboxylic acids is 1. The van der Waals surface area contributed by atoms with Gasteiger partial charge in [0.2, 0.25) is 0 Å². The van der Waals surface area contributed by atoms with Crippen LogP contribution in [-0.4, -0.2) is 16.8 Å². The van der Waals surface area contributed by atoms with Crippen LogP contribution in [0.15, 0.2) is 29.4 Å². The van der Waals surface area contributed by atoms with E-state index < -0.39 is 5.97 Å². The second-order valence-electron chi connectivity index (χ2n) is 5.51. The lowest BCUT2D eigenvalue weighted by molar-refractivity contribution is -0.129. The van der Waals surface area contributed by atoms with Gasteiger partial charge in [-0.3, -0.25) is 0 Å². The van der Waals surface area contributed by atoms with Crippen LogP contribution in [0.5, 0.6) is 0 Å². The van der Waals surface area contributed by atoms with Crippen molar-refractivity contribution in [2.24, 2.45) is 5.16 Å². The highest BCUT2D eigenvalue weighted by Gasteiger charge is 2.27. The summed E-state index contributed by atoms with van der Waals surface area (Å²) in [7, 11) is 0. The van der Waals surface area contributed by atoms with Crippen molar-refractivity contribution in [3.63, 3.8) is 0 Å². The molecular formula is C14H17NO3. The molecule has 0 fully saturated rings. The monoisotopic (exact) mass is 247 g/mol. The molecule has 0 saturated heterocycles. The van der Waals surface area contributed by atoms with E-state index in [2.05, 4.69) is 38.1 Å². The lowest BCUT2D eigenvalue weighted by atomic mass is 9.86. The van der Waals surface area contributed by atoms with Gasteiger partial charge in [-0.25, -0.2) is 4.79 Å². The van der Waals surface area contributed by atoms with Crippen LogP contribution in [-0.2, 0) is 15.0 Å². The smallest absolute Gasteiger partial charge is 0.353 e. The molecule has 1 aliphatic heterocycles. The molecule has 4 nitrogen and oxygen atoms in total. The number of nitrogens with zero attached hydrogens (tertiary/aromatic N) is 1. The number of benzene rings is 1.